The highest BCUT2D eigenvalue weighted by Gasteiger charge is 2.26. The fraction of sp³-hybridized carbons (Fsp3) is 0.300. The summed E-state index contributed by atoms with van der Waals surface area (Å²) in [6.07, 6.45) is 1.81. The molecule has 2 aromatic rings. The number of hydrogen-bond acceptors (Lipinski definition) is 3. The zero-order chi connectivity index (χ0) is 18.0. The lowest BCUT2D eigenvalue weighted by atomic mass is 10.1. The summed E-state index contributed by atoms with van der Waals surface area (Å²) in [5.74, 6) is -0.440. The highest BCUT2D eigenvalue weighted by molar-refractivity contribution is 9.10. The number of halogens is 1. The van der Waals surface area contributed by atoms with Gasteiger partial charge in [0.1, 0.15) is 0 Å². The number of nitrogens with zero attached hydrogens (tertiary/aromatic N) is 1. The third-order valence-corrected chi connectivity index (χ3v) is 4.87. The number of hydrogen-bond donors (Lipinski definition) is 1. The van der Waals surface area contributed by atoms with Gasteiger partial charge in [-0.2, -0.15) is 0 Å². The highest BCUT2D eigenvalue weighted by Crippen LogP contribution is 2.37. The molecule has 0 saturated carbocycles. The van der Waals surface area contributed by atoms with Crippen LogP contribution in [0, 0.1) is 6.92 Å². The molecule has 2 aromatic carbocycles. The largest absolute Gasteiger partial charge is 0.383 e. The van der Waals surface area contributed by atoms with Crippen LogP contribution in [0.1, 0.15) is 30.0 Å². The Kier molecular flexibility index (Phi) is 5.23. The van der Waals surface area contributed by atoms with Gasteiger partial charge >= 0.3 is 0 Å². The Hall–Kier alpha value is -2.14. The average molecular weight is 401 g/mol. The van der Waals surface area contributed by atoms with Gasteiger partial charge in [0, 0.05) is 24.4 Å². The number of rotatable bonds is 4. The fourth-order valence-corrected chi connectivity index (χ4v) is 3.64. The summed E-state index contributed by atoms with van der Waals surface area (Å²) >= 11 is 3.49. The van der Waals surface area contributed by atoms with Crippen LogP contribution in [0.4, 0.5) is 11.4 Å². The van der Waals surface area contributed by atoms with Crippen LogP contribution < -0.4 is 10.2 Å². The molecule has 0 unspecified atom stereocenters. The molecule has 0 bridgehead atoms. The number of benzene rings is 2. The second-order valence-corrected chi connectivity index (χ2v) is 7.29. The van der Waals surface area contributed by atoms with Crippen molar-refractivity contribution in [2.24, 2.45) is 0 Å². The summed E-state index contributed by atoms with van der Waals surface area (Å²) < 4.78 is 0.877. The van der Waals surface area contributed by atoms with E-state index in [0.29, 0.717) is 18.5 Å². The predicted octanol–water partition coefficient (Wildman–Crippen LogP) is 4.24. The molecule has 1 aliphatic rings. The molecule has 3 rings (SSSR count). The van der Waals surface area contributed by atoms with E-state index in [1.807, 2.05) is 43.3 Å². The van der Waals surface area contributed by atoms with Gasteiger partial charge in [-0.15, -0.1) is 0 Å². The van der Waals surface area contributed by atoms with Crippen molar-refractivity contribution < 1.29 is 9.59 Å². The number of fused-ring (bicyclic) bond motifs is 1. The molecular formula is C20H21BrN2O2. The minimum absolute atomic E-state index is 0.179. The van der Waals surface area contributed by atoms with E-state index < -0.39 is 0 Å². The highest BCUT2D eigenvalue weighted by atomic mass is 79.9. The number of aryl methyl sites for hydroxylation is 2. The first-order valence-electron chi connectivity index (χ1n) is 8.41. The van der Waals surface area contributed by atoms with Crippen LogP contribution in [-0.2, 0) is 22.4 Å². The number of imide groups is 1. The van der Waals surface area contributed by atoms with Crippen molar-refractivity contribution >= 4 is 39.1 Å². The van der Waals surface area contributed by atoms with Gasteiger partial charge in [-0.05, 0) is 43.0 Å². The van der Waals surface area contributed by atoms with Gasteiger partial charge in [-0.25, -0.2) is 4.90 Å². The van der Waals surface area contributed by atoms with E-state index in [1.165, 1.54) is 17.4 Å². The van der Waals surface area contributed by atoms with E-state index in [-0.39, 0.29) is 11.8 Å². The lowest BCUT2D eigenvalue weighted by Gasteiger charge is -2.22. The maximum absolute atomic E-state index is 12.8. The van der Waals surface area contributed by atoms with Gasteiger partial charge < -0.3 is 5.32 Å². The summed E-state index contributed by atoms with van der Waals surface area (Å²) in [6.45, 7) is 4.29. The first-order valence-corrected chi connectivity index (χ1v) is 9.20. The van der Waals surface area contributed by atoms with Crippen LogP contribution in [0.2, 0.25) is 0 Å². The molecular weight excluding hydrogens is 380 g/mol. The number of carbonyl (C=O) groups excluding carboxylic acids is 2. The fourth-order valence-electron chi connectivity index (χ4n) is 3.14. The zero-order valence-corrected chi connectivity index (χ0v) is 16.0. The van der Waals surface area contributed by atoms with Crippen molar-refractivity contribution in [3.8, 4) is 0 Å². The van der Waals surface area contributed by atoms with Crippen molar-refractivity contribution in [3.63, 3.8) is 0 Å². The van der Waals surface area contributed by atoms with Crippen molar-refractivity contribution in [2.45, 2.75) is 33.1 Å². The molecule has 0 atom stereocenters. The Balaban J connectivity index is 1.83. The standard InChI is InChI=1S/C20H21BrN2O2/c1-13-3-5-15(6-4-13)7-8-19(25)23(14(2)24)18-12-17(21)11-16-9-10-22-20(16)18/h3-6,11-12,22H,7-10H2,1-2H3. The lowest BCUT2D eigenvalue weighted by molar-refractivity contribution is -0.125. The normalized spacial score (nSPS) is 12.4. The van der Waals surface area contributed by atoms with E-state index in [9.17, 15) is 9.59 Å². The zero-order valence-electron chi connectivity index (χ0n) is 14.4. The van der Waals surface area contributed by atoms with Crippen molar-refractivity contribution in [1.82, 2.24) is 0 Å². The van der Waals surface area contributed by atoms with E-state index in [4.69, 9.17) is 0 Å². The predicted molar refractivity (Wildman–Crippen MR) is 104 cm³/mol. The van der Waals surface area contributed by atoms with E-state index in [1.54, 1.807) is 0 Å². The topological polar surface area (TPSA) is 49.4 Å². The quantitative estimate of drug-likeness (QED) is 0.834. The molecule has 25 heavy (non-hydrogen) atoms. The van der Waals surface area contributed by atoms with Crippen molar-refractivity contribution in [1.29, 1.82) is 0 Å². The third-order valence-electron chi connectivity index (χ3n) is 4.41. The summed E-state index contributed by atoms with van der Waals surface area (Å²) in [5, 5.41) is 3.30. The van der Waals surface area contributed by atoms with E-state index in [2.05, 4.69) is 21.2 Å². The lowest BCUT2D eigenvalue weighted by Crippen LogP contribution is -2.35. The Morgan fingerprint density at radius 2 is 1.92 bits per heavy atom. The molecule has 0 spiro atoms. The Bertz CT molecular complexity index is 815. The van der Waals surface area contributed by atoms with Gasteiger partial charge in [0.05, 0.1) is 11.4 Å². The van der Waals surface area contributed by atoms with Crippen LogP contribution in [0.3, 0.4) is 0 Å². The summed E-state index contributed by atoms with van der Waals surface area (Å²) in [7, 11) is 0. The molecule has 0 radical (unpaired) electrons. The third kappa shape index (κ3) is 3.93. The second kappa shape index (κ2) is 7.40. The molecule has 4 nitrogen and oxygen atoms in total. The monoisotopic (exact) mass is 400 g/mol. The SMILES string of the molecule is CC(=O)N(C(=O)CCc1ccc(C)cc1)c1cc(Br)cc2c1NCC2. The van der Waals surface area contributed by atoms with Crippen molar-refractivity contribution in [2.75, 3.05) is 16.8 Å². The number of carbonyl (C=O) groups is 2. The Morgan fingerprint density at radius 1 is 1.20 bits per heavy atom. The van der Waals surface area contributed by atoms with Crippen LogP contribution in [-0.4, -0.2) is 18.4 Å². The molecule has 0 aromatic heterocycles. The van der Waals surface area contributed by atoms with Crippen LogP contribution in [0.15, 0.2) is 40.9 Å². The molecule has 5 heteroatoms. The number of anilines is 2. The summed E-state index contributed by atoms with van der Waals surface area (Å²) in [4.78, 5) is 26.3. The van der Waals surface area contributed by atoms with Gasteiger partial charge in [0.2, 0.25) is 11.8 Å². The molecule has 130 valence electrons. The summed E-state index contributed by atoms with van der Waals surface area (Å²) in [5.41, 5.74) is 4.95. The van der Waals surface area contributed by atoms with Gasteiger partial charge in [0.15, 0.2) is 0 Å². The van der Waals surface area contributed by atoms with Crippen molar-refractivity contribution in [3.05, 3.63) is 57.6 Å². The van der Waals surface area contributed by atoms with Gasteiger partial charge in [0.25, 0.3) is 0 Å². The maximum Gasteiger partial charge on any atom is 0.234 e. The van der Waals surface area contributed by atoms with Crippen LogP contribution in [0.25, 0.3) is 0 Å². The minimum atomic E-state index is -0.261. The maximum atomic E-state index is 12.8. The molecule has 1 heterocycles. The minimum Gasteiger partial charge on any atom is -0.383 e. The molecule has 1 N–H and O–H groups in total. The molecule has 1 aliphatic heterocycles. The molecule has 2 amide bonds. The number of nitrogens with one attached hydrogen (secondary N) is 1. The smallest absolute Gasteiger partial charge is 0.234 e. The summed E-state index contributed by atoms with van der Waals surface area (Å²) in [6, 6.07) is 12.0. The van der Waals surface area contributed by atoms with Gasteiger partial charge in [-0.1, -0.05) is 45.8 Å². The Labute approximate surface area is 156 Å². The van der Waals surface area contributed by atoms with Gasteiger partial charge in [-0.3, -0.25) is 9.59 Å². The van der Waals surface area contributed by atoms with E-state index in [0.717, 1.165) is 34.3 Å². The molecule has 0 aliphatic carbocycles. The average Bonchev–Trinajstić information content (AvgIpc) is 3.02. The first-order chi connectivity index (χ1) is 12.0. The molecule has 0 saturated heterocycles. The Morgan fingerprint density at radius 3 is 2.60 bits per heavy atom. The van der Waals surface area contributed by atoms with E-state index >= 15 is 0 Å². The van der Waals surface area contributed by atoms with Crippen LogP contribution >= 0.6 is 15.9 Å². The first kappa shape index (κ1) is 17.7. The molecule has 0 fully saturated rings. The van der Waals surface area contributed by atoms with Crippen LogP contribution in [0.5, 0.6) is 0 Å². The second-order valence-electron chi connectivity index (χ2n) is 6.37. The number of amides is 2.